The highest BCUT2D eigenvalue weighted by Gasteiger charge is 2.03. The highest BCUT2D eigenvalue weighted by molar-refractivity contribution is 5.76. The lowest BCUT2D eigenvalue weighted by atomic mass is 10.1. The summed E-state index contributed by atoms with van der Waals surface area (Å²) in [4.78, 5) is 21.6. The largest absolute Gasteiger partial charge is 0.298 e. The molecule has 0 saturated carbocycles. The van der Waals surface area contributed by atoms with Crippen molar-refractivity contribution in [1.82, 2.24) is 10.2 Å². The van der Waals surface area contributed by atoms with E-state index in [4.69, 9.17) is 0 Å². The number of nitrogens with one attached hydrogen (secondary N) is 1. The van der Waals surface area contributed by atoms with Crippen molar-refractivity contribution in [3.63, 3.8) is 0 Å². The summed E-state index contributed by atoms with van der Waals surface area (Å²) in [6.07, 6.45) is 0.521. The van der Waals surface area contributed by atoms with E-state index in [9.17, 15) is 9.59 Å². The van der Waals surface area contributed by atoms with Crippen molar-refractivity contribution in [1.29, 1.82) is 0 Å². The molecule has 0 spiro atoms. The van der Waals surface area contributed by atoms with E-state index in [0.717, 1.165) is 5.56 Å². The van der Waals surface area contributed by atoms with E-state index in [-0.39, 0.29) is 5.56 Å². The van der Waals surface area contributed by atoms with E-state index in [1.54, 1.807) is 0 Å². The summed E-state index contributed by atoms with van der Waals surface area (Å²) < 4.78 is 0. The molecule has 0 atom stereocenters. The van der Waals surface area contributed by atoms with Crippen LogP contribution in [0.5, 0.6) is 0 Å². The van der Waals surface area contributed by atoms with Gasteiger partial charge >= 0.3 is 0 Å². The van der Waals surface area contributed by atoms with Gasteiger partial charge in [-0.25, -0.2) is 5.10 Å². The number of carbonyl (C=O) groups excluding carboxylic acids is 1. The van der Waals surface area contributed by atoms with Crippen LogP contribution in [0.2, 0.25) is 0 Å². The van der Waals surface area contributed by atoms with Gasteiger partial charge in [0.1, 0.15) is 0 Å². The van der Waals surface area contributed by atoms with Gasteiger partial charge in [-0.3, -0.25) is 9.59 Å². The molecule has 2 aromatic rings. The molecule has 0 aliphatic heterocycles. The summed E-state index contributed by atoms with van der Waals surface area (Å²) in [7, 11) is 0. The molecule has 0 fully saturated rings. The van der Waals surface area contributed by atoms with Crippen LogP contribution in [0.15, 0.2) is 41.2 Å². The molecule has 2 rings (SSSR count). The number of carbonyl (C=O) groups is 1. The minimum absolute atomic E-state index is 0.0869. The number of H-pyrrole nitrogens is 1. The first-order valence-electron chi connectivity index (χ1n) is 4.41. The fourth-order valence-electron chi connectivity index (χ4n) is 1.27. The third kappa shape index (κ3) is 1.83. The van der Waals surface area contributed by atoms with Crippen LogP contribution in [0.25, 0.3) is 11.3 Å². The van der Waals surface area contributed by atoms with Crippen LogP contribution in [-0.2, 0) is 0 Å². The van der Waals surface area contributed by atoms with Gasteiger partial charge in [0.05, 0.1) is 11.3 Å². The number of rotatable bonds is 2. The van der Waals surface area contributed by atoms with Gasteiger partial charge in [0.25, 0.3) is 5.56 Å². The fraction of sp³-hybridized carbons (Fsp3) is 0. The minimum atomic E-state index is -0.468. The average Bonchev–Trinajstić information content (AvgIpc) is 2.31. The summed E-state index contributed by atoms with van der Waals surface area (Å²) in [5.41, 5.74) is 1.06. The summed E-state index contributed by atoms with van der Waals surface area (Å²) in [6, 6.07) is 10.8. The van der Waals surface area contributed by atoms with E-state index < -0.39 is 5.56 Å². The maximum absolute atomic E-state index is 11.1. The molecule has 15 heavy (non-hydrogen) atoms. The summed E-state index contributed by atoms with van der Waals surface area (Å²) in [5.74, 6) is 0. The Labute approximate surface area is 85.6 Å². The quantitative estimate of drug-likeness (QED) is 0.742. The molecule has 0 saturated heterocycles. The monoisotopic (exact) mass is 200 g/mol. The molecular formula is C11H8N2O2. The Morgan fingerprint density at radius 1 is 1.20 bits per heavy atom. The number of hydrogen-bond donors (Lipinski definition) is 1. The van der Waals surface area contributed by atoms with Crippen LogP contribution in [0.4, 0.5) is 0 Å². The number of aromatic nitrogens is 2. The molecule has 1 heterocycles. The van der Waals surface area contributed by atoms with Gasteiger partial charge in [-0.05, 0) is 6.07 Å². The lowest BCUT2D eigenvalue weighted by molar-refractivity contribution is 0.112. The maximum atomic E-state index is 11.1. The number of aldehydes is 1. The van der Waals surface area contributed by atoms with Crippen molar-refractivity contribution in [3.8, 4) is 11.3 Å². The molecule has 0 amide bonds. The lowest BCUT2D eigenvalue weighted by Gasteiger charge is -1.99. The molecule has 4 nitrogen and oxygen atoms in total. The first kappa shape index (κ1) is 9.33. The normalized spacial score (nSPS) is 9.87. The Balaban J connectivity index is 2.56. The van der Waals surface area contributed by atoms with Gasteiger partial charge in [0.15, 0.2) is 6.29 Å². The zero-order valence-corrected chi connectivity index (χ0v) is 7.81. The van der Waals surface area contributed by atoms with Crippen LogP contribution in [0.3, 0.4) is 0 Å². The Kier molecular flexibility index (Phi) is 2.41. The average molecular weight is 200 g/mol. The van der Waals surface area contributed by atoms with Crippen molar-refractivity contribution in [2.45, 2.75) is 0 Å². The van der Waals surface area contributed by atoms with Gasteiger partial charge in [0.2, 0.25) is 0 Å². The van der Waals surface area contributed by atoms with Crippen LogP contribution in [0, 0.1) is 0 Å². The van der Waals surface area contributed by atoms with Gasteiger partial charge in [0, 0.05) is 5.56 Å². The molecule has 0 bridgehead atoms. The maximum Gasteiger partial charge on any atom is 0.274 e. The van der Waals surface area contributed by atoms with Crippen LogP contribution in [0.1, 0.15) is 10.4 Å². The molecular weight excluding hydrogens is 192 g/mol. The second-order valence-electron chi connectivity index (χ2n) is 3.02. The van der Waals surface area contributed by atoms with Crippen molar-refractivity contribution < 1.29 is 4.79 Å². The fourth-order valence-corrected chi connectivity index (χ4v) is 1.27. The third-order valence-corrected chi connectivity index (χ3v) is 2.03. The summed E-state index contributed by atoms with van der Waals surface area (Å²) >= 11 is 0. The summed E-state index contributed by atoms with van der Waals surface area (Å²) in [6.45, 7) is 0. The zero-order valence-electron chi connectivity index (χ0n) is 7.81. The first-order chi connectivity index (χ1) is 7.31. The van der Waals surface area contributed by atoms with Crippen molar-refractivity contribution >= 4 is 6.29 Å². The zero-order chi connectivity index (χ0) is 10.7. The summed E-state index contributed by atoms with van der Waals surface area (Å²) in [5, 5.41) is 6.14. The molecule has 0 aliphatic carbocycles. The van der Waals surface area contributed by atoms with E-state index in [2.05, 4.69) is 10.2 Å². The van der Waals surface area contributed by atoms with Gasteiger partial charge in [-0.1, -0.05) is 30.3 Å². The topological polar surface area (TPSA) is 62.8 Å². The molecule has 0 aliphatic rings. The lowest BCUT2D eigenvalue weighted by Crippen LogP contribution is -2.13. The Hall–Kier alpha value is -2.23. The number of hydrogen-bond acceptors (Lipinski definition) is 3. The van der Waals surface area contributed by atoms with E-state index in [0.29, 0.717) is 12.0 Å². The SMILES string of the molecule is O=Cc1cc(-c2ccccc2)n[nH]c1=O. The number of nitrogens with zero attached hydrogens (tertiary/aromatic N) is 1. The number of aromatic amines is 1. The molecule has 0 radical (unpaired) electrons. The Bertz CT molecular complexity index is 532. The second kappa shape index (κ2) is 3.88. The van der Waals surface area contributed by atoms with E-state index in [1.807, 2.05) is 30.3 Å². The van der Waals surface area contributed by atoms with Crippen LogP contribution in [-0.4, -0.2) is 16.5 Å². The predicted molar refractivity (Wildman–Crippen MR) is 55.7 cm³/mol. The molecule has 1 aromatic heterocycles. The van der Waals surface area contributed by atoms with Crippen molar-refractivity contribution in [2.24, 2.45) is 0 Å². The van der Waals surface area contributed by atoms with Crippen LogP contribution >= 0.6 is 0 Å². The minimum Gasteiger partial charge on any atom is -0.298 e. The first-order valence-corrected chi connectivity index (χ1v) is 4.41. The van der Waals surface area contributed by atoms with Gasteiger partial charge in [-0.15, -0.1) is 0 Å². The molecule has 0 unspecified atom stereocenters. The van der Waals surface area contributed by atoms with Gasteiger partial charge in [-0.2, -0.15) is 5.10 Å². The highest BCUT2D eigenvalue weighted by atomic mass is 16.1. The molecule has 4 heteroatoms. The van der Waals surface area contributed by atoms with Crippen molar-refractivity contribution in [2.75, 3.05) is 0 Å². The van der Waals surface area contributed by atoms with Gasteiger partial charge < -0.3 is 0 Å². The standard InChI is InChI=1S/C11H8N2O2/c14-7-9-6-10(12-13-11(9)15)8-4-2-1-3-5-8/h1-7H,(H,13,15). The molecule has 1 N–H and O–H groups in total. The third-order valence-electron chi connectivity index (χ3n) is 2.03. The van der Waals surface area contributed by atoms with Crippen LogP contribution < -0.4 is 5.56 Å². The smallest absolute Gasteiger partial charge is 0.274 e. The Morgan fingerprint density at radius 2 is 1.93 bits per heavy atom. The van der Waals surface area contributed by atoms with Crippen molar-refractivity contribution in [3.05, 3.63) is 52.3 Å². The number of benzene rings is 1. The predicted octanol–water partition coefficient (Wildman–Crippen LogP) is 1.25. The second-order valence-corrected chi connectivity index (χ2v) is 3.02. The molecule has 1 aromatic carbocycles. The van der Waals surface area contributed by atoms with E-state index >= 15 is 0 Å². The highest BCUT2D eigenvalue weighted by Crippen LogP contribution is 2.14. The Morgan fingerprint density at radius 3 is 2.60 bits per heavy atom. The molecule has 74 valence electrons. The van der Waals surface area contributed by atoms with E-state index in [1.165, 1.54) is 6.07 Å².